The topological polar surface area (TPSA) is 86.7 Å². The number of rotatable bonds is 3. The van der Waals surface area contributed by atoms with Crippen molar-refractivity contribution in [3.8, 4) is 0 Å². The zero-order valence-corrected chi connectivity index (χ0v) is 14.8. The predicted molar refractivity (Wildman–Crippen MR) is 88.2 cm³/mol. The van der Waals surface area contributed by atoms with E-state index >= 15 is 0 Å². The third-order valence-corrected chi connectivity index (χ3v) is 7.82. The normalized spacial score (nSPS) is 23.6. The Hall–Kier alpha value is -1.12. The molecule has 1 aliphatic heterocycles. The molecule has 8 heteroatoms. The SMILES string of the molecule is CS(=O)(=O)c1ccc(CNC(=O)N2CCC(O)C23CCCC3)s1. The number of aliphatic hydroxyl groups is 1. The molecule has 2 heterocycles. The smallest absolute Gasteiger partial charge is 0.318 e. The second kappa shape index (κ2) is 6.07. The molecule has 2 N–H and O–H groups in total. The highest BCUT2D eigenvalue weighted by molar-refractivity contribution is 7.92. The first-order valence-electron chi connectivity index (χ1n) is 7.85. The molecular formula is C15H22N2O4S2. The Morgan fingerprint density at radius 3 is 2.74 bits per heavy atom. The Bertz CT molecular complexity index is 692. The standard InChI is InChI=1S/C15H22N2O4S2/c1-23(20,21)13-5-4-11(22-13)10-16-14(19)17-9-6-12(18)15(17)7-2-3-8-15/h4-5,12,18H,2-3,6-10H2,1H3,(H,16,19). The second-order valence-corrected chi connectivity index (χ2v) is 9.83. The molecule has 1 saturated carbocycles. The molecule has 23 heavy (non-hydrogen) atoms. The van der Waals surface area contributed by atoms with Crippen LogP contribution in [-0.2, 0) is 16.4 Å². The first-order chi connectivity index (χ1) is 10.8. The number of hydrogen-bond donors (Lipinski definition) is 2. The van der Waals surface area contributed by atoms with E-state index in [0.717, 1.165) is 30.6 Å². The average Bonchev–Trinajstić information content (AvgIpc) is 3.19. The van der Waals surface area contributed by atoms with Gasteiger partial charge in [-0.3, -0.25) is 0 Å². The van der Waals surface area contributed by atoms with Crippen molar-refractivity contribution in [3.63, 3.8) is 0 Å². The quantitative estimate of drug-likeness (QED) is 0.862. The number of nitrogens with one attached hydrogen (secondary N) is 1. The van der Waals surface area contributed by atoms with Crippen molar-refractivity contribution in [3.05, 3.63) is 17.0 Å². The molecule has 2 amide bonds. The third kappa shape index (κ3) is 3.12. The van der Waals surface area contributed by atoms with E-state index in [2.05, 4.69) is 5.32 Å². The van der Waals surface area contributed by atoms with Gasteiger partial charge in [-0.15, -0.1) is 11.3 Å². The molecule has 2 fully saturated rings. The van der Waals surface area contributed by atoms with Crippen LogP contribution in [0.5, 0.6) is 0 Å². The number of hydrogen-bond acceptors (Lipinski definition) is 5. The van der Waals surface area contributed by atoms with Crippen LogP contribution in [0.3, 0.4) is 0 Å². The lowest BCUT2D eigenvalue weighted by Gasteiger charge is -2.37. The third-order valence-electron chi connectivity index (χ3n) is 4.91. The fourth-order valence-electron chi connectivity index (χ4n) is 3.73. The number of nitrogens with zero attached hydrogens (tertiary/aromatic N) is 1. The van der Waals surface area contributed by atoms with Crippen LogP contribution < -0.4 is 5.32 Å². The summed E-state index contributed by atoms with van der Waals surface area (Å²) in [5, 5.41) is 13.2. The van der Waals surface area contributed by atoms with E-state index in [9.17, 15) is 18.3 Å². The molecule has 2 aliphatic rings. The van der Waals surface area contributed by atoms with Gasteiger partial charge < -0.3 is 15.3 Å². The fraction of sp³-hybridized carbons (Fsp3) is 0.667. The number of carbonyl (C=O) groups is 1. The zero-order valence-electron chi connectivity index (χ0n) is 13.1. The summed E-state index contributed by atoms with van der Waals surface area (Å²) in [7, 11) is -3.20. The molecule has 1 aliphatic carbocycles. The summed E-state index contributed by atoms with van der Waals surface area (Å²) in [5.41, 5.74) is -0.391. The van der Waals surface area contributed by atoms with Crippen molar-refractivity contribution in [1.82, 2.24) is 10.2 Å². The van der Waals surface area contributed by atoms with E-state index in [1.807, 2.05) is 0 Å². The lowest BCUT2D eigenvalue weighted by Crippen LogP contribution is -2.53. The maximum absolute atomic E-state index is 12.5. The Labute approximate surface area is 140 Å². The van der Waals surface area contributed by atoms with Gasteiger partial charge in [0, 0.05) is 17.7 Å². The summed E-state index contributed by atoms with van der Waals surface area (Å²) in [5.74, 6) is 0. The van der Waals surface area contributed by atoms with Crippen LogP contribution in [0, 0.1) is 0 Å². The van der Waals surface area contributed by atoms with Crippen molar-refractivity contribution in [1.29, 1.82) is 0 Å². The van der Waals surface area contributed by atoms with Gasteiger partial charge in [-0.05, 0) is 31.4 Å². The summed E-state index contributed by atoms with van der Waals surface area (Å²) < 4.78 is 23.3. The minimum absolute atomic E-state index is 0.169. The molecule has 1 aromatic rings. The lowest BCUT2D eigenvalue weighted by atomic mass is 9.91. The van der Waals surface area contributed by atoms with E-state index in [1.54, 1.807) is 17.0 Å². The molecule has 128 valence electrons. The maximum atomic E-state index is 12.5. The van der Waals surface area contributed by atoms with Gasteiger partial charge in [0.15, 0.2) is 9.84 Å². The number of thiophene rings is 1. The van der Waals surface area contributed by atoms with E-state index in [1.165, 1.54) is 17.6 Å². The van der Waals surface area contributed by atoms with Crippen LogP contribution in [0.1, 0.15) is 37.0 Å². The van der Waals surface area contributed by atoms with Crippen LogP contribution in [0.2, 0.25) is 0 Å². The average molecular weight is 358 g/mol. The summed E-state index contributed by atoms with van der Waals surface area (Å²) in [6.45, 7) is 0.883. The first kappa shape index (κ1) is 16.7. The number of sulfone groups is 1. The molecule has 1 spiro atoms. The monoisotopic (exact) mass is 358 g/mol. The molecule has 6 nitrogen and oxygen atoms in total. The molecule has 0 aromatic carbocycles. The van der Waals surface area contributed by atoms with Gasteiger partial charge in [0.1, 0.15) is 4.21 Å². The number of likely N-dealkylation sites (tertiary alicyclic amines) is 1. The minimum atomic E-state index is -3.20. The molecule has 1 atom stereocenters. The first-order valence-corrected chi connectivity index (χ1v) is 10.6. The van der Waals surface area contributed by atoms with Crippen molar-refractivity contribution in [2.75, 3.05) is 12.8 Å². The van der Waals surface area contributed by atoms with Gasteiger partial charge in [-0.1, -0.05) is 12.8 Å². The summed E-state index contributed by atoms with van der Waals surface area (Å²) in [4.78, 5) is 15.1. The van der Waals surface area contributed by atoms with E-state index in [-0.39, 0.29) is 6.03 Å². The molecule has 3 rings (SSSR count). The van der Waals surface area contributed by atoms with Gasteiger partial charge >= 0.3 is 6.03 Å². The highest BCUT2D eigenvalue weighted by Gasteiger charge is 2.51. The lowest BCUT2D eigenvalue weighted by molar-refractivity contribution is 0.0488. The fourth-order valence-corrected chi connectivity index (χ4v) is 5.64. The van der Waals surface area contributed by atoms with Crippen LogP contribution in [0.15, 0.2) is 16.3 Å². The maximum Gasteiger partial charge on any atom is 0.318 e. The summed E-state index contributed by atoms with van der Waals surface area (Å²) >= 11 is 1.18. The van der Waals surface area contributed by atoms with Crippen LogP contribution in [-0.4, -0.2) is 48.9 Å². The largest absolute Gasteiger partial charge is 0.391 e. The Morgan fingerprint density at radius 1 is 1.43 bits per heavy atom. The van der Waals surface area contributed by atoms with E-state index < -0.39 is 21.5 Å². The van der Waals surface area contributed by atoms with Crippen molar-refractivity contribution < 1.29 is 18.3 Å². The second-order valence-electron chi connectivity index (χ2n) is 6.42. The predicted octanol–water partition coefficient (Wildman–Crippen LogP) is 1.74. The zero-order chi connectivity index (χ0) is 16.7. The summed E-state index contributed by atoms with van der Waals surface area (Å²) in [6, 6.07) is 3.13. The molecule has 1 aromatic heterocycles. The van der Waals surface area contributed by atoms with Gasteiger partial charge in [0.05, 0.1) is 18.2 Å². The Balaban J connectivity index is 1.64. The highest BCUT2D eigenvalue weighted by atomic mass is 32.2. The molecule has 1 saturated heterocycles. The van der Waals surface area contributed by atoms with Gasteiger partial charge in [-0.2, -0.15) is 0 Å². The number of aliphatic hydroxyl groups excluding tert-OH is 1. The Morgan fingerprint density at radius 2 is 2.13 bits per heavy atom. The van der Waals surface area contributed by atoms with Crippen molar-refractivity contribution in [2.45, 2.75) is 54.5 Å². The van der Waals surface area contributed by atoms with Crippen LogP contribution in [0.25, 0.3) is 0 Å². The van der Waals surface area contributed by atoms with Gasteiger partial charge in [0.2, 0.25) is 0 Å². The van der Waals surface area contributed by atoms with Crippen molar-refractivity contribution in [2.24, 2.45) is 0 Å². The molecular weight excluding hydrogens is 336 g/mol. The Kier molecular flexibility index (Phi) is 4.41. The van der Waals surface area contributed by atoms with Gasteiger partial charge in [-0.25, -0.2) is 13.2 Å². The van der Waals surface area contributed by atoms with Crippen LogP contribution >= 0.6 is 11.3 Å². The minimum Gasteiger partial charge on any atom is -0.391 e. The summed E-state index contributed by atoms with van der Waals surface area (Å²) in [6.07, 6.45) is 5.18. The highest BCUT2D eigenvalue weighted by Crippen LogP contribution is 2.43. The van der Waals surface area contributed by atoms with E-state index in [4.69, 9.17) is 0 Å². The molecule has 0 radical (unpaired) electrons. The number of carbonyl (C=O) groups excluding carboxylic acids is 1. The molecule has 1 unspecified atom stereocenters. The number of urea groups is 1. The number of amides is 2. The van der Waals surface area contributed by atoms with Crippen molar-refractivity contribution >= 4 is 27.2 Å². The van der Waals surface area contributed by atoms with Gasteiger partial charge in [0.25, 0.3) is 0 Å². The molecule has 0 bridgehead atoms. The van der Waals surface area contributed by atoms with E-state index in [0.29, 0.717) is 23.7 Å². The van der Waals surface area contributed by atoms with Crippen LogP contribution in [0.4, 0.5) is 4.79 Å².